The van der Waals surface area contributed by atoms with E-state index in [2.05, 4.69) is 94.8 Å². The Bertz CT molecular complexity index is 1560. The number of fused-ring (bicyclic) bond motifs is 2. The third-order valence-electron chi connectivity index (χ3n) is 10.6. The molecule has 3 aromatic rings. The molecule has 4 atom stereocenters. The molecule has 3 fully saturated rings. The first-order chi connectivity index (χ1) is 21.9. The summed E-state index contributed by atoms with van der Waals surface area (Å²) in [6, 6.07) is 17.9. The summed E-state index contributed by atoms with van der Waals surface area (Å²) in [7, 11) is 2.18. The van der Waals surface area contributed by atoms with Crippen molar-refractivity contribution in [1.82, 2.24) is 24.7 Å². The third kappa shape index (κ3) is 6.20. The van der Waals surface area contributed by atoms with Crippen molar-refractivity contribution in [2.75, 3.05) is 69.3 Å². The van der Waals surface area contributed by atoms with E-state index in [4.69, 9.17) is 14.7 Å². The predicted molar refractivity (Wildman–Crippen MR) is 180 cm³/mol. The Morgan fingerprint density at radius 2 is 1.82 bits per heavy atom. The molecule has 9 heteroatoms. The minimum atomic E-state index is 0.194. The number of hydrogen-bond donors (Lipinski definition) is 0. The van der Waals surface area contributed by atoms with E-state index in [9.17, 15) is 5.26 Å². The topological polar surface area (TPSA) is 74.8 Å². The van der Waals surface area contributed by atoms with Crippen LogP contribution in [-0.4, -0.2) is 108 Å². The largest absolute Gasteiger partial charge is 0.462 e. The van der Waals surface area contributed by atoms with Crippen molar-refractivity contribution in [3.63, 3.8) is 0 Å². The highest BCUT2D eigenvalue weighted by molar-refractivity contribution is 5.97. The van der Waals surface area contributed by atoms with Gasteiger partial charge in [0.05, 0.1) is 24.7 Å². The lowest BCUT2D eigenvalue weighted by Gasteiger charge is -2.42. The fourth-order valence-corrected chi connectivity index (χ4v) is 7.94. The molecule has 0 radical (unpaired) electrons. The fourth-order valence-electron chi connectivity index (χ4n) is 7.94. The second-order valence-corrected chi connectivity index (χ2v) is 13.9. The number of likely N-dealkylation sites (tertiary alicyclic amines) is 1. The van der Waals surface area contributed by atoms with E-state index in [1.807, 2.05) is 0 Å². The van der Waals surface area contributed by atoms with Crippen molar-refractivity contribution >= 4 is 22.3 Å². The van der Waals surface area contributed by atoms with Gasteiger partial charge in [0.2, 0.25) is 0 Å². The summed E-state index contributed by atoms with van der Waals surface area (Å²) >= 11 is 0. The number of anilines is 2. The first-order valence-electron chi connectivity index (χ1n) is 17.0. The van der Waals surface area contributed by atoms with Crippen LogP contribution in [0.5, 0.6) is 6.01 Å². The number of hydrogen-bond acceptors (Lipinski definition) is 9. The summed E-state index contributed by atoms with van der Waals surface area (Å²) in [5.41, 5.74) is 4.87. The third-order valence-corrected chi connectivity index (χ3v) is 10.6. The standard InChI is InChI=1S/C36H48N8O/c1-25(2)44-22-30(44)21-41-18-19-43(20-28(41)13-15-37)35-31-14-17-42(33-12-6-10-27-9-5-8-26(3)34(27)33)23-32(31)38-36(39-35)45-24-29-11-7-16-40(29)4/h5-6,8-10,12,25,28-30H,7,11,13-14,16-24H2,1-4H3/t28-,29-,30-,44?/m0/s1. The summed E-state index contributed by atoms with van der Waals surface area (Å²) in [6.07, 6.45) is 3.77. The molecule has 0 spiro atoms. The summed E-state index contributed by atoms with van der Waals surface area (Å²) in [4.78, 5) is 22.6. The molecule has 0 bridgehead atoms. The summed E-state index contributed by atoms with van der Waals surface area (Å²) in [5.74, 6) is 1.02. The SMILES string of the molecule is Cc1cccc2cccc(N3CCc4c(nc(OC[C@@H]5CCCN5C)nc4N4CCN(C[C@H]5CN5C(C)C)[C@@H](CC#N)C4)C3)c12. The smallest absolute Gasteiger partial charge is 0.318 e. The van der Waals surface area contributed by atoms with Crippen molar-refractivity contribution < 1.29 is 4.74 Å². The number of rotatable bonds is 9. The Morgan fingerprint density at radius 3 is 2.58 bits per heavy atom. The molecule has 1 unspecified atom stereocenters. The van der Waals surface area contributed by atoms with Gasteiger partial charge in [0.15, 0.2) is 0 Å². The maximum Gasteiger partial charge on any atom is 0.318 e. The van der Waals surface area contributed by atoms with Crippen molar-refractivity contribution in [3.8, 4) is 12.1 Å². The number of nitriles is 1. The van der Waals surface area contributed by atoms with Crippen LogP contribution in [0.4, 0.5) is 11.5 Å². The van der Waals surface area contributed by atoms with Gasteiger partial charge < -0.3 is 19.4 Å². The van der Waals surface area contributed by atoms with Crippen LogP contribution < -0.4 is 14.5 Å². The molecular formula is C36H48N8O. The van der Waals surface area contributed by atoms with Gasteiger partial charge in [-0.3, -0.25) is 9.80 Å². The zero-order valence-corrected chi connectivity index (χ0v) is 27.5. The Kier molecular flexibility index (Phi) is 8.56. The van der Waals surface area contributed by atoms with Gasteiger partial charge in [-0.1, -0.05) is 30.3 Å². The Hall–Kier alpha value is -3.45. The second kappa shape index (κ2) is 12.7. The molecule has 4 aliphatic rings. The summed E-state index contributed by atoms with van der Waals surface area (Å²) < 4.78 is 6.40. The highest BCUT2D eigenvalue weighted by Crippen LogP contribution is 2.36. The number of likely N-dealkylation sites (N-methyl/N-ethyl adjacent to an activating group) is 1. The van der Waals surface area contributed by atoms with E-state index in [0.717, 1.165) is 70.2 Å². The first-order valence-corrected chi connectivity index (χ1v) is 17.0. The van der Waals surface area contributed by atoms with Gasteiger partial charge in [-0.15, -0.1) is 0 Å². The monoisotopic (exact) mass is 608 g/mol. The van der Waals surface area contributed by atoms with Crippen molar-refractivity contribution in [3.05, 3.63) is 53.2 Å². The van der Waals surface area contributed by atoms with Gasteiger partial charge in [-0.25, -0.2) is 0 Å². The molecule has 45 heavy (non-hydrogen) atoms. The summed E-state index contributed by atoms with van der Waals surface area (Å²) in [5, 5.41) is 12.4. The van der Waals surface area contributed by atoms with Gasteiger partial charge in [0, 0.05) is 80.1 Å². The quantitative estimate of drug-likeness (QED) is 0.327. The molecule has 0 saturated carbocycles. The molecule has 5 heterocycles. The normalized spacial score (nSPS) is 25.5. The molecule has 4 aliphatic heterocycles. The first kappa shape index (κ1) is 30.2. The average Bonchev–Trinajstić information content (AvgIpc) is 3.70. The van der Waals surface area contributed by atoms with Crippen LogP contribution >= 0.6 is 0 Å². The van der Waals surface area contributed by atoms with Crippen molar-refractivity contribution in [2.45, 2.75) is 77.2 Å². The lowest BCUT2D eigenvalue weighted by molar-refractivity contribution is 0.169. The van der Waals surface area contributed by atoms with Gasteiger partial charge in [-0.2, -0.15) is 15.2 Å². The molecule has 2 aromatic carbocycles. The Labute approximate surface area is 268 Å². The Balaban J connectivity index is 1.17. The van der Waals surface area contributed by atoms with E-state index in [0.29, 0.717) is 37.2 Å². The van der Waals surface area contributed by atoms with Crippen molar-refractivity contribution in [1.29, 1.82) is 5.26 Å². The molecule has 7 rings (SSSR count). The number of benzene rings is 2. The van der Waals surface area contributed by atoms with Gasteiger partial charge in [-0.05, 0) is 70.6 Å². The van der Waals surface area contributed by atoms with Crippen molar-refractivity contribution in [2.24, 2.45) is 0 Å². The number of ether oxygens (including phenoxy) is 1. The average molecular weight is 609 g/mol. The van der Waals surface area contributed by atoms with Gasteiger partial charge in [0.25, 0.3) is 0 Å². The van der Waals surface area contributed by atoms with Crippen LogP contribution in [0.3, 0.4) is 0 Å². The highest BCUT2D eigenvalue weighted by Gasteiger charge is 2.40. The number of nitrogens with zero attached hydrogens (tertiary/aromatic N) is 8. The predicted octanol–water partition coefficient (Wildman–Crippen LogP) is 4.47. The van der Waals surface area contributed by atoms with Crippen LogP contribution in [0.1, 0.15) is 49.9 Å². The lowest BCUT2D eigenvalue weighted by atomic mass is 9.99. The van der Waals surface area contributed by atoms with Crippen LogP contribution in [-0.2, 0) is 13.0 Å². The maximum atomic E-state index is 9.79. The molecule has 238 valence electrons. The van der Waals surface area contributed by atoms with Crippen LogP contribution in [0.2, 0.25) is 0 Å². The van der Waals surface area contributed by atoms with E-state index >= 15 is 0 Å². The minimum absolute atomic E-state index is 0.194. The van der Waals surface area contributed by atoms with E-state index in [1.165, 1.54) is 40.6 Å². The second-order valence-electron chi connectivity index (χ2n) is 13.9. The molecule has 0 aliphatic carbocycles. The van der Waals surface area contributed by atoms with E-state index < -0.39 is 0 Å². The molecule has 1 aromatic heterocycles. The fraction of sp³-hybridized carbons (Fsp3) is 0.583. The number of piperazine rings is 1. The Morgan fingerprint density at radius 1 is 0.978 bits per heavy atom. The summed E-state index contributed by atoms with van der Waals surface area (Å²) in [6.45, 7) is 15.0. The molecule has 3 saturated heterocycles. The van der Waals surface area contributed by atoms with Gasteiger partial charge in [0.1, 0.15) is 12.4 Å². The van der Waals surface area contributed by atoms with E-state index in [1.54, 1.807) is 0 Å². The molecule has 0 N–H and O–H groups in total. The number of aromatic nitrogens is 2. The molecule has 9 nitrogen and oxygen atoms in total. The lowest BCUT2D eigenvalue weighted by Crippen LogP contribution is -2.55. The van der Waals surface area contributed by atoms with Crippen LogP contribution in [0.15, 0.2) is 36.4 Å². The molecule has 0 amide bonds. The maximum absolute atomic E-state index is 9.79. The van der Waals surface area contributed by atoms with Gasteiger partial charge >= 0.3 is 6.01 Å². The minimum Gasteiger partial charge on any atom is -0.462 e. The van der Waals surface area contributed by atoms with Crippen LogP contribution in [0, 0.1) is 18.3 Å². The van der Waals surface area contributed by atoms with E-state index in [-0.39, 0.29) is 6.04 Å². The zero-order chi connectivity index (χ0) is 31.1. The highest BCUT2D eigenvalue weighted by atomic mass is 16.5. The zero-order valence-electron chi connectivity index (χ0n) is 27.5. The molecular weight excluding hydrogens is 560 g/mol. The van der Waals surface area contributed by atoms with Crippen LogP contribution in [0.25, 0.3) is 10.8 Å². The number of aryl methyl sites for hydroxylation is 1.